The van der Waals surface area contributed by atoms with Gasteiger partial charge in [0, 0.05) is 25.0 Å². The van der Waals surface area contributed by atoms with Crippen molar-refractivity contribution in [3.8, 4) is 28.5 Å². The van der Waals surface area contributed by atoms with Crippen LogP contribution in [0.5, 0.6) is 17.2 Å². The molecule has 0 atom stereocenters. The standard InChI is InChI=1S/C32H30FNO7P2/c1-37-29-18-17-27-31(32(29)41-42(2,3)35)30(20-28(34-27)25-15-10-16-26(33)19-25)40-43(36,38-21-23-11-6-4-7-12-23)39-22-24-13-8-5-9-14-24/h4-20H,21-22H2,1-3H3. The zero-order valence-electron chi connectivity index (χ0n) is 23.8. The summed E-state index contributed by atoms with van der Waals surface area (Å²) in [6.45, 7) is 2.77. The summed E-state index contributed by atoms with van der Waals surface area (Å²) in [5.41, 5.74) is 2.61. The van der Waals surface area contributed by atoms with Gasteiger partial charge in [-0.3, -0.25) is 13.6 Å². The van der Waals surface area contributed by atoms with Gasteiger partial charge in [0.1, 0.15) is 11.6 Å². The van der Waals surface area contributed by atoms with Crippen LogP contribution in [0, 0.1) is 5.82 Å². The summed E-state index contributed by atoms with van der Waals surface area (Å²) in [5.74, 6) is -0.122. The third-order valence-electron chi connectivity index (χ3n) is 6.18. The molecule has 0 saturated carbocycles. The Kier molecular flexibility index (Phi) is 9.28. The zero-order chi connectivity index (χ0) is 30.5. The molecular formula is C32H30FNO7P2. The molecule has 0 aliphatic rings. The van der Waals surface area contributed by atoms with E-state index in [1.165, 1.54) is 38.6 Å². The van der Waals surface area contributed by atoms with E-state index >= 15 is 0 Å². The number of hydrogen-bond donors (Lipinski definition) is 0. The number of aromatic nitrogens is 1. The molecule has 0 radical (unpaired) electrons. The summed E-state index contributed by atoms with van der Waals surface area (Å²) in [7, 11) is -6.05. The highest BCUT2D eigenvalue weighted by Crippen LogP contribution is 2.55. The molecule has 0 amide bonds. The van der Waals surface area contributed by atoms with E-state index in [1.54, 1.807) is 24.3 Å². The SMILES string of the molecule is COc1ccc2nc(-c3cccc(F)c3)cc(OP(=O)(OCc3ccccc3)OCc3ccccc3)c2c1OP(C)(C)=O. The van der Waals surface area contributed by atoms with Crippen LogP contribution in [0.25, 0.3) is 22.2 Å². The van der Waals surface area contributed by atoms with Crippen LogP contribution in [0.2, 0.25) is 0 Å². The molecular weight excluding hydrogens is 591 g/mol. The number of halogens is 1. The van der Waals surface area contributed by atoms with E-state index in [9.17, 15) is 13.5 Å². The van der Waals surface area contributed by atoms with Crippen molar-refractivity contribution in [1.82, 2.24) is 4.98 Å². The summed E-state index contributed by atoms with van der Waals surface area (Å²) in [4.78, 5) is 4.69. The van der Waals surface area contributed by atoms with Crippen LogP contribution >= 0.6 is 15.2 Å². The van der Waals surface area contributed by atoms with Crippen molar-refractivity contribution in [2.75, 3.05) is 20.4 Å². The Labute approximate surface area is 249 Å². The highest BCUT2D eigenvalue weighted by Gasteiger charge is 2.32. The fourth-order valence-corrected chi connectivity index (χ4v) is 6.05. The number of rotatable bonds is 12. The summed E-state index contributed by atoms with van der Waals surface area (Å²) >= 11 is 0. The van der Waals surface area contributed by atoms with Gasteiger partial charge in [-0.05, 0) is 35.4 Å². The summed E-state index contributed by atoms with van der Waals surface area (Å²) in [5, 5.41) is 0.232. The van der Waals surface area contributed by atoms with E-state index in [0.717, 1.165) is 11.1 Å². The lowest BCUT2D eigenvalue weighted by Crippen LogP contribution is -2.05. The Hall–Kier alpha value is -4.00. The van der Waals surface area contributed by atoms with Crippen molar-refractivity contribution in [2.24, 2.45) is 0 Å². The average Bonchev–Trinajstić information content (AvgIpc) is 2.99. The van der Waals surface area contributed by atoms with Crippen LogP contribution in [0.1, 0.15) is 11.1 Å². The number of nitrogens with zero attached hydrogens (tertiary/aromatic N) is 1. The fourth-order valence-electron chi connectivity index (χ4n) is 4.25. The number of hydrogen-bond acceptors (Lipinski definition) is 8. The number of pyridine rings is 1. The lowest BCUT2D eigenvalue weighted by molar-refractivity contribution is 0.143. The molecule has 11 heteroatoms. The third kappa shape index (κ3) is 7.89. The molecule has 0 fully saturated rings. The molecule has 0 aliphatic carbocycles. The van der Waals surface area contributed by atoms with Gasteiger partial charge in [-0.15, -0.1) is 0 Å². The quantitative estimate of drug-likeness (QED) is 0.128. The van der Waals surface area contributed by atoms with Gasteiger partial charge >= 0.3 is 7.82 Å². The monoisotopic (exact) mass is 621 g/mol. The van der Waals surface area contributed by atoms with Crippen molar-refractivity contribution < 1.29 is 36.4 Å². The first-order valence-electron chi connectivity index (χ1n) is 13.3. The van der Waals surface area contributed by atoms with Gasteiger partial charge in [0.15, 0.2) is 11.5 Å². The Morgan fingerprint density at radius 1 is 0.721 bits per heavy atom. The number of phosphoric acid groups is 1. The van der Waals surface area contributed by atoms with E-state index in [4.69, 9.17) is 22.8 Å². The molecule has 0 bridgehead atoms. The number of phosphoric ester groups is 1. The summed E-state index contributed by atoms with van der Waals surface area (Å²) in [6.07, 6.45) is 0. The van der Waals surface area contributed by atoms with Crippen LogP contribution in [-0.2, 0) is 31.4 Å². The minimum Gasteiger partial charge on any atom is -0.493 e. The number of fused-ring (bicyclic) bond motifs is 1. The normalized spacial score (nSPS) is 11.8. The van der Waals surface area contributed by atoms with Gasteiger partial charge < -0.3 is 13.8 Å². The summed E-state index contributed by atoms with van der Waals surface area (Å²) < 4.78 is 70.7. The van der Waals surface area contributed by atoms with Crippen LogP contribution < -0.4 is 13.8 Å². The molecule has 5 rings (SSSR count). The van der Waals surface area contributed by atoms with Crippen LogP contribution in [0.15, 0.2) is 103 Å². The molecule has 43 heavy (non-hydrogen) atoms. The first kappa shape index (κ1) is 30.5. The minimum absolute atomic E-state index is 0.00364. The lowest BCUT2D eigenvalue weighted by Gasteiger charge is -2.22. The predicted molar refractivity (Wildman–Crippen MR) is 164 cm³/mol. The average molecular weight is 622 g/mol. The smallest absolute Gasteiger partial charge is 0.493 e. The van der Waals surface area contributed by atoms with Crippen molar-refractivity contribution in [3.05, 3.63) is 120 Å². The van der Waals surface area contributed by atoms with Gasteiger partial charge in [-0.2, -0.15) is 0 Å². The number of ether oxygens (including phenoxy) is 1. The van der Waals surface area contributed by atoms with Crippen LogP contribution in [0.4, 0.5) is 4.39 Å². The van der Waals surface area contributed by atoms with Gasteiger partial charge in [-0.25, -0.2) is 13.9 Å². The summed E-state index contributed by atoms with van der Waals surface area (Å²) in [6, 6.07) is 29.0. The van der Waals surface area contributed by atoms with Gasteiger partial charge in [0.25, 0.3) is 0 Å². The molecule has 0 unspecified atom stereocenters. The molecule has 0 aliphatic heterocycles. The maximum atomic E-state index is 14.4. The molecule has 0 N–H and O–H groups in total. The number of benzene rings is 4. The van der Waals surface area contributed by atoms with Crippen molar-refractivity contribution in [1.29, 1.82) is 0 Å². The first-order valence-corrected chi connectivity index (χ1v) is 17.3. The van der Waals surface area contributed by atoms with E-state index in [-0.39, 0.29) is 35.8 Å². The van der Waals surface area contributed by atoms with Gasteiger partial charge in [0.2, 0.25) is 7.37 Å². The molecule has 222 valence electrons. The van der Waals surface area contributed by atoms with Crippen LogP contribution in [-0.4, -0.2) is 25.4 Å². The van der Waals surface area contributed by atoms with Crippen molar-refractivity contribution in [2.45, 2.75) is 13.2 Å². The van der Waals surface area contributed by atoms with E-state index in [2.05, 4.69) is 4.98 Å². The van der Waals surface area contributed by atoms with Crippen molar-refractivity contribution in [3.63, 3.8) is 0 Å². The largest absolute Gasteiger partial charge is 0.530 e. The first-order chi connectivity index (χ1) is 20.6. The predicted octanol–water partition coefficient (Wildman–Crippen LogP) is 8.89. The molecule has 1 aromatic heterocycles. The van der Waals surface area contributed by atoms with E-state index in [0.29, 0.717) is 16.8 Å². The fraction of sp³-hybridized carbons (Fsp3) is 0.156. The van der Waals surface area contributed by atoms with Gasteiger partial charge in [-0.1, -0.05) is 72.8 Å². The lowest BCUT2D eigenvalue weighted by atomic mass is 10.1. The molecule has 0 saturated heterocycles. The van der Waals surface area contributed by atoms with Crippen LogP contribution in [0.3, 0.4) is 0 Å². The number of methoxy groups -OCH3 is 1. The topological polar surface area (TPSA) is 93.2 Å². The minimum atomic E-state index is -4.36. The van der Waals surface area contributed by atoms with E-state index in [1.807, 2.05) is 60.7 Å². The Bertz CT molecular complexity index is 1770. The highest BCUT2D eigenvalue weighted by atomic mass is 31.2. The maximum Gasteiger partial charge on any atom is 0.530 e. The Morgan fingerprint density at radius 3 is 1.91 bits per heavy atom. The molecule has 8 nitrogen and oxygen atoms in total. The maximum absolute atomic E-state index is 14.4. The Balaban J connectivity index is 1.65. The molecule has 5 aromatic rings. The second-order valence-electron chi connectivity index (χ2n) is 9.91. The second kappa shape index (κ2) is 13.1. The van der Waals surface area contributed by atoms with E-state index < -0.39 is 21.0 Å². The Morgan fingerprint density at radius 2 is 1.35 bits per heavy atom. The highest BCUT2D eigenvalue weighted by molar-refractivity contribution is 7.57. The second-order valence-corrected chi connectivity index (χ2v) is 14.2. The molecule has 1 heterocycles. The molecule has 0 spiro atoms. The zero-order valence-corrected chi connectivity index (χ0v) is 25.6. The third-order valence-corrected chi connectivity index (χ3v) is 8.11. The van der Waals surface area contributed by atoms with Gasteiger partial charge in [0.05, 0.1) is 36.9 Å². The van der Waals surface area contributed by atoms with Crippen molar-refractivity contribution >= 4 is 26.1 Å². The molecule has 4 aromatic carbocycles.